The summed E-state index contributed by atoms with van der Waals surface area (Å²) < 4.78 is 0. The van der Waals surface area contributed by atoms with Gasteiger partial charge in [-0.15, -0.1) is 0 Å². The Balaban J connectivity index is 1.81. The second-order valence-corrected chi connectivity index (χ2v) is 6.68. The summed E-state index contributed by atoms with van der Waals surface area (Å²) in [5.41, 5.74) is 2.79. The van der Waals surface area contributed by atoms with Gasteiger partial charge in [-0.3, -0.25) is 29.6 Å². The van der Waals surface area contributed by atoms with Gasteiger partial charge < -0.3 is 0 Å². The van der Waals surface area contributed by atoms with Crippen molar-refractivity contribution < 1.29 is 14.5 Å². The quantitative estimate of drug-likeness (QED) is 0.614. The summed E-state index contributed by atoms with van der Waals surface area (Å²) in [6.07, 6.45) is 5.21. The first-order valence-electron chi connectivity index (χ1n) is 8.80. The van der Waals surface area contributed by atoms with E-state index in [-0.39, 0.29) is 29.7 Å². The highest BCUT2D eigenvalue weighted by Crippen LogP contribution is 2.43. The highest BCUT2D eigenvalue weighted by Gasteiger charge is 2.39. The molecular weight excluding hydrogens is 346 g/mol. The van der Waals surface area contributed by atoms with E-state index < -0.39 is 4.92 Å². The summed E-state index contributed by atoms with van der Waals surface area (Å²) in [5.74, 6) is -0.421. The molecule has 0 spiro atoms. The van der Waals surface area contributed by atoms with Crippen molar-refractivity contribution in [1.29, 1.82) is 0 Å². The highest BCUT2D eigenvalue weighted by atomic mass is 16.6. The maximum Gasteiger partial charge on any atom is 0.269 e. The molecule has 2 aliphatic rings. The molecule has 7 nitrogen and oxygen atoms in total. The Kier molecular flexibility index (Phi) is 4.27. The van der Waals surface area contributed by atoms with Crippen molar-refractivity contribution in [2.45, 2.75) is 31.6 Å². The molecule has 2 heterocycles. The molecule has 1 unspecified atom stereocenters. The van der Waals surface area contributed by atoms with E-state index in [1.165, 1.54) is 12.1 Å². The fraction of sp³-hybridized carbons (Fsp3) is 0.250. The minimum absolute atomic E-state index is 0.0120. The first kappa shape index (κ1) is 17.1. The van der Waals surface area contributed by atoms with Crippen molar-refractivity contribution in [3.8, 4) is 0 Å². The van der Waals surface area contributed by atoms with Crippen LogP contribution in [0.1, 0.15) is 37.2 Å². The maximum atomic E-state index is 13.0. The molecule has 1 aromatic heterocycles. The van der Waals surface area contributed by atoms with E-state index in [0.717, 1.165) is 11.3 Å². The number of hydrogen-bond donors (Lipinski definition) is 0. The van der Waals surface area contributed by atoms with Gasteiger partial charge in [-0.1, -0.05) is 12.1 Å². The van der Waals surface area contributed by atoms with Crippen LogP contribution in [0.25, 0.3) is 0 Å². The molecule has 1 atom stereocenters. The van der Waals surface area contributed by atoms with Gasteiger partial charge in [0.05, 0.1) is 16.8 Å². The minimum atomic E-state index is -0.462. The maximum absolute atomic E-state index is 13.0. The van der Waals surface area contributed by atoms with Crippen LogP contribution in [0.3, 0.4) is 0 Å². The molecule has 0 bridgehead atoms. The lowest BCUT2D eigenvalue weighted by atomic mass is 9.77. The number of nitro benzene ring substituents is 1. The standard InChI is InChI=1S/C20H17N3O4/c24-18-5-1-4-17-20(18)16(13-6-8-14(9-7-13)23(26)27)11-19(25)22(17)15-3-2-10-21-12-15/h2-3,6-10,12,16H,1,4-5,11H2. The summed E-state index contributed by atoms with van der Waals surface area (Å²) in [6.45, 7) is 0. The number of pyridine rings is 1. The predicted molar refractivity (Wildman–Crippen MR) is 98.1 cm³/mol. The second-order valence-electron chi connectivity index (χ2n) is 6.68. The van der Waals surface area contributed by atoms with E-state index in [1.807, 2.05) is 0 Å². The average Bonchev–Trinajstić information content (AvgIpc) is 2.68. The van der Waals surface area contributed by atoms with Crippen LogP contribution in [-0.4, -0.2) is 21.6 Å². The first-order valence-corrected chi connectivity index (χ1v) is 8.80. The number of carbonyl (C=O) groups excluding carboxylic acids is 2. The number of ketones is 1. The number of hydrogen-bond acceptors (Lipinski definition) is 5. The Hall–Kier alpha value is -3.35. The molecule has 1 amide bonds. The number of non-ortho nitro benzene ring substituents is 1. The largest absolute Gasteiger partial charge is 0.294 e. The number of Topliss-reactive ketones (excluding diaryl/α,β-unsaturated/α-hetero) is 1. The van der Waals surface area contributed by atoms with E-state index in [2.05, 4.69) is 4.98 Å². The number of carbonyl (C=O) groups is 2. The Morgan fingerprint density at radius 3 is 2.56 bits per heavy atom. The predicted octanol–water partition coefficient (Wildman–Crippen LogP) is 3.52. The van der Waals surface area contributed by atoms with Crippen LogP contribution in [0, 0.1) is 10.1 Å². The lowest BCUT2D eigenvalue weighted by molar-refractivity contribution is -0.384. The normalized spacial score (nSPS) is 19.9. The van der Waals surface area contributed by atoms with Crippen LogP contribution in [0.15, 0.2) is 60.1 Å². The molecule has 0 fully saturated rings. The molecule has 2 aromatic rings. The van der Waals surface area contributed by atoms with Crippen LogP contribution in [0.5, 0.6) is 0 Å². The third-order valence-electron chi connectivity index (χ3n) is 5.09. The topological polar surface area (TPSA) is 93.4 Å². The smallest absolute Gasteiger partial charge is 0.269 e. The van der Waals surface area contributed by atoms with Crippen molar-refractivity contribution >= 4 is 23.1 Å². The van der Waals surface area contributed by atoms with E-state index in [9.17, 15) is 19.7 Å². The van der Waals surface area contributed by atoms with Gasteiger partial charge in [-0.2, -0.15) is 0 Å². The molecule has 1 aliphatic heterocycles. The zero-order valence-corrected chi connectivity index (χ0v) is 14.5. The summed E-state index contributed by atoms with van der Waals surface area (Å²) in [5, 5.41) is 10.9. The molecule has 0 N–H and O–H groups in total. The fourth-order valence-corrected chi connectivity index (χ4v) is 3.89. The van der Waals surface area contributed by atoms with E-state index >= 15 is 0 Å². The summed E-state index contributed by atoms with van der Waals surface area (Å²) >= 11 is 0. The molecule has 136 valence electrons. The summed E-state index contributed by atoms with van der Waals surface area (Å²) in [4.78, 5) is 41.8. The van der Waals surface area contributed by atoms with E-state index in [1.54, 1.807) is 41.6 Å². The number of nitrogens with zero attached hydrogens (tertiary/aromatic N) is 3. The summed E-state index contributed by atoms with van der Waals surface area (Å²) in [6, 6.07) is 9.68. The Bertz CT molecular complexity index is 951. The van der Waals surface area contributed by atoms with Gasteiger partial charge in [-0.25, -0.2) is 0 Å². The van der Waals surface area contributed by atoms with Crippen molar-refractivity contribution in [2.24, 2.45) is 0 Å². The van der Waals surface area contributed by atoms with Gasteiger partial charge in [-0.05, 0) is 30.5 Å². The Morgan fingerprint density at radius 2 is 1.89 bits per heavy atom. The second kappa shape index (κ2) is 6.75. The molecular formula is C20H17N3O4. The highest BCUT2D eigenvalue weighted by molar-refractivity contribution is 6.07. The molecule has 0 radical (unpaired) electrons. The van der Waals surface area contributed by atoms with Crippen LogP contribution in [-0.2, 0) is 9.59 Å². The molecule has 1 aliphatic carbocycles. The number of anilines is 1. The lowest BCUT2D eigenvalue weighted by Crippen LogP contribution is -2.40. The molecule has 4 rings (SSSR count). The van der Waals surface area contributed by atoms with Gasteiger partial charge >= 0.3 is 0 Å². The molecule has 0 saturated heterocycles. The van der Waals surface area contributed by atoms with Gasteiger partial charge in [0, 0.05) is 48.4 Å². The number of nitro groups is 1. The van der Waals surface area contributed by atoms with Gasteiger partial charge in [0.15, 0.2) is 5.78 Å². The molecule has 1 aromatic carbocycles. The third-order valence-corrected chi connectivity index (χ3v) is 5.09. The van der Waals surface area contributed by atoms with E-state index in [4.69, 9.17) is 0 Å². The van der Waals surface area contributed by atoms with Crippen molar-refractivity contribution in [3.05, 3.63) is 75.7 Å². The Morgan fingerprint density at radius 1 is 1.11 bits per heavy atom. The van der Waals surface area contributed by atoms with Gasteiger partial charge in [0.25, 0.3) is 5.69 Å². The van der Waals surface area contributed by atoms with Crippen molar-refractivity contribution in [1.82, 2.24) is 4.98 Å². The minimum Gasteiger partial charge on any atom is -0.294 e. The van der Waals surface area contributed by atoms with Crippen LogP contribution in [0.4, 0.5) is 11.4 Å². The summed E-state index contributed by atoms with van der Waals surface area (Å²) in [7, 11) is 0. The SMILES string of the molecule is O=C1CCCC2=C1C(c1ccc([N+](=O)[O-])cc1)CC(=O)N2c1cccnc1. The van der Waals surface area contributed by atoms with Crippen molar-refractivity contribution in [2.75, 3.05) is 4.90 Å². The first-order chi connectivity index (χ1) is 13.1. The zero-order chi connectivity index (χ0) is 19.0. The van der Waals surface area contributed by atoms with Gasteiger partial charge in [0.1, 0.15) is 0 Å². The van der Waals surface area contributed by atoms with Crippen LogP contribution < -0.4 is 4.90 Å². The number of allylic oxidation sites excluding steroid dienone is 2. The Labute approximate surface area is 155 Å². The number of amides is 1. The van der Waals surface area contributed by atoms with Gasteiger partial charge in [0.2, 0.25) is 5.91 Å². The van der Waals surface area contributed by atoms with Crippen LogP contribution in [0.2, 0.25) is 0 Å². The number of aromatic nitrogens is 1. The average molecular weight is 363 g/mol. The van der Waals surface area contributed by atoms with E-state index in [0.29, 0.717) is 30.5 Å². The molecule has 0 saturated carbocycles. The molecule has 7 heteroatoms. The van der Waals surface area contributed by atoms with Crippen LogP contribution >= 0.6 is 0 Å². The molecule has 27 heavy (non-hydrogen) atoms. The lowest BCUT2D eigenvalue weighted by Gasteiger charge is -2.38. The third kappa shape index (κ3) is 3.01. The monoisotopic (exact) mass is 363 g/mol. The fourth-order valence-electron chi connectivity index (χ4n) is 3.89. The number of rotatable bonds is 3. The zero-order valence-electron chi connectivity index (χ0n) is 14.5. The van der Waals surface area contributed by atoms with Crippen molar-refractivity contribution in [3.63, 3.8) is 0 Å². The number of benzene rings is 1.